The van der Waals surface area contributed by atoms with Gasteiger partial charge in [-0.1, -0.05) is 18.2 Å². The fourth-order valence-corrected chi connectivity index (χ4v) is 2.14. The number of carbonyl (C=O) groups excluding carboxylic acids is 2. The molecule has 0 heterocycles. The molecule has 0 radical (unpaired) electrons. The molecule has 0 N–H and O–H groups in total. The van der Waals surface area contributed by atoms with Gasteiger partial charge in [0, 0.05) is 18.1 Å². The van der Waals surface area contributed by atoms with Crippen LogP contribution in [0, 0.1) is 15.5 Å². The molecular weight excluding hydrogens is 328 g/mol. The molecule has 0 aromatic heterocycles. The Morgan fingerprint density at radius 1 is 1.17 bits per heavy atom. The second-order valence-corrected chi connectivity index (χ2v) is 4.78. The average Bonchev–Trinajstić information content (AvgIpc) is 2.52. The van der Waals surface area contributed by atoms with Gasteiger partial charge in [0.25, 0.3) is 12.1 Å². The Labute approximate surface area is 136 Å². The largest absolute Gasteiger partial charge is 0.465 e. The maximum absolute atomic E-state index is 13.7. The molecule has 0 bridgehead atoms. The molecule has 1 rings (SSSR count). The van der Waals surface area contributed by atoms with Crippen molar-refractivity contribution in [2.75, 3.05) is 13.2 Å². The first-order chi connectivity index (χ1) is 11.3. The minimum Gasteiger partial charge on any atom is -0.465 e. The molecule has 0 aliphatic heterocycles. The summed E-state index contributed by atoms with van der Waals surface area (Å²) in [6.45, 7) is 2.32. The third-order valence-corrected chi connectivity index (χ3v) is 3.31. The Morgan fingerprint density at radius 2 is 1.67 bits per heavy atom. The smallest absolute Gasteiger partial charge is 0.329 e. The number of carbonyl (C=O) groups is 2. The topological polar surface area (TPSA) is 95.7 Å². The molecule has 0 fully saturated rings. The molecule has 0 saturated heterocycles. The number of benzene rings is 1. The number of nitro benzene ring substituents is 1. The van der Waals surface area contributed by atoms with E-state index in [1.807, 2.05) is 0 Å². The third-order valence-electron chi connectivity index (χ3n) is 3.31. The Morgan fingerprint density at radius 3 is 2.08 bits per heavy atom. The van der Waals surface area contributed by atoms with Gasteiger partial charge in [-0.05, 0) is 13.8 Å². The van der Waals surface area contributed by atoms with E-state index in [-0.39, 0.29) is 18.8 Å². The van der Waals surface area contributed by atoms with Gasteiger partial charge in [0.1, 0.15) is 0 Å². The van der Waals surface area contributed by atoms with E-state index in [4.69, 9.17) is 0 Å². The third kappa shape index (κ3) is 3.84. The molecule has 1 aromatic carbocycles. The Balaban J connectivity index is 3.45. The van der Waals surface area contributed by atoms with Crippen LogP contribution in [-0.4, -0.2) is 36.5 Å². The van der Waals surface area contributed by atoms with Crippen LogP contribution in [0.15, 0.2) is 24.3 Å². The van der Waals surface area contributed by atoms with E-state index in [2.05, 4.69) is 9.47 Å². The van der Waals surface area contributed by atoms with E-state index >= 15 is 0 Å². The lowest BCUT2D eigenvalue weighted by Crippen LogP contribution is -2.49. The summed E-state index contributed by atoms with van der Waals surface area (Å²) in [5, 5.41) is 11.1. The van der Waals surface area contributed by atoms with E-state index in [9.17, 15) is 28.5 Å². The van der Waals surface area contributed by atoms with Crippen LogP contribution in [0.4, 0.5) is 14.5 Å². The normalized spacial score (nSPS) is 11.2. The monoisotopic (exact) mass is 345 g/mol. The maximum atomic E-state index is 13.7. The second kappa shape index (κ2) is 8.32. The first-order valence-corrected chi connectivity index (χ1v) is 7.16. The summed E-state index contributed by atoms with van der Waals surface area (Å²) in [5.41, 5.74) is -3.63. The van der Waals surface area contributed by atoms with Crippen molar-refractivity contribution in [3.8, 4) is 0 Å². The fraction of sp³-hybridized carbons (Fsp3) is 0.467. The highest BCUT2D eigenvalue weighted by atomic mass is 19.3. The number of hydrogen-bond donors (Lipinski definition) is 0. The lowest BCUT2D eigenvalue weighted by Gasteiger charge is -2.28. The lowest BCUT2D eigenvalue weighted by molar-refractivity contribution is -0.385. The SMILES string of the molecule is CCOC(=O)C(Cc1ccccc1[N+](=O)[O-])(C(=O)OCC)C(F)F. The summed E-state index contributed by atoms with van der Waals surface area (Å²) in [6.07, 6.45) is -4.37. The molecule has 0 aliphatic rings. The number of nitrogens with zero attached hydrogens (tertiary/aromatic N) is 1. The van der Waals surface area contributed by atoms with Gasteiger partial charge in [-0.2, -0.15) is 0 Å². The molecule has 0 aliphatic carbocycles. The standard InChI is InChI=1S/C15H17F2NO6/c1-3-23-13(19)15(12(16)17,14(20)24-4-2)9-10-7-5-6-8-11(10)18(21)22/h5-8,12H,3-4,9H2,1-2H3. The van der Waals surface area contributed by atoms with Crippen molar-refractivity contribution in [1.82, 2.24) is 0 Å². The van der Waals surface area contributed by atoms with Crippen molar-refractivity contribution >= 4 is 17.6 Å². The van der Waals surface area contributed by atoms with Crippen molar-refractivity contribution < 1.29 is 32.8 Å². The van der Waals surface area contributed by atoms with Crippen LogP contribution in [-0.2, 0) is 25.5 Å². The van der Waals surface area contributed by atoms with Gasteiger partial charge in [0.2, 0.25) is 5.41 Å². The molecule has 0 saturated carbocycles. The molecular formula is C15H17F2NO6. The van der Waals surface area contributed by atoms with Gasteiger partial charge in [-0.15, -0.1) is 0 Å². The number of ether oxygens (including phenoxy) is 2. The van der Waals surface area contributed by atoms with E-state index in [1.165, 1.54) is 32.0 Å². The van der Waals surface area contributed by atoms with Crippen molar-refractivity contribution in [2.24, 2.45) is 5.41 Å². The summed E-state index contributed by atoms with van der Waals surface area (Å²) in [4.78, 5) is 34.5. The Hall–Kier alpha value is -2.58. The minimum atomic E-state index is -3.46. The molecule has 0 spiro atoms. The number of para-hydroxylation sites is 1. The molecule has 7 nitrogen and oxygen atoms in total. The number of rotatable bonds is 8. The number of hydrogen-bond acceptors (Lipinski definition) is 6. The number of nitro groups is 1. The van der Waals surface area contributed by atoms with Crippen LogP contribution >= 0.6 is 0 Å². The zero-order valence-electron chi connectivity index (χ0n) is 13.2. The van der Waals surface area contributed by atoms with Crippen LogP contribution in [0.3, 0.4) is 0 Å². The van der Waals surface area contributed by atoms with Gasteiger partial charge in [-0.3, -0.25) is 19.7 Å². The highest BCUT2D eigenvalue weighted by Gasteiger charge is 2.57. The second-order valence-electron chi connectivity index (χ2n) is 4.78. The van der Waals surface area contributed by atoms with E-state index in [0.29, 0.717) is 0 Å². The van der Waals surface area contributed by atoms with Crippen LogP contribution in [0.5, 0.6) is 0 Å². The van der Waals surface area contributed by atoms with Crippen molar-refractivity contribution in [3.05, 3.63) is 39.9 Å². The van der Waals surface area contributed by atoms with Gasteiger partial charge in [-0.25, -0.2) is 8.78 Å². The molecule has 9 heteroatoms. The number of alkyl halides is 2. The first kappa shape index (κ1) is 19.5. The highest BCUT2D eigenvalue weighted by Crippen LogP contribution is 2.36. The van der Waals surface area contributed by atoms with Crippen LogP contribution in [0.1, 0.15) is 19.4 Å². The zero-order valence-corrected chi connectivity index (χ0v) is 13.2. The van der Waals surface area contributed by atoms with Crippen molar-refractivity contribution in [2.45, 2.75) is 26.7 Å². The van der Waals surface area contributed by atoms with Crippen LogP contribution in [0.25, 0.3) is 0 Å². The highest BCUT2D eigenvalue weighted by molar-refractivity contribution is 6.01. The van der Waals surface area contributed by atoms with E-state index < -0.39 is 40.8 Å². The quantitative estimate of drug-likeness (QED) is 0.311. The van der Waals surface area contributed by atoms with E-state index in [0.717, 1.165) is 6.07 Å². The molecule has 0 amide bonds. The van der Waals surface area contributed by atoms with Gasteiger partial charge in [0.15, 0.2) is 0 Å². The zero-order chi connectivity index (χ0) is 18.3. The van der Waals surface area contributed by atoms with E-state index in [1.54, 1.807) is 0 Å². The molecule has 24 heavy (non-hydrogen) atoms. The molecule has 1 aromatic rings. The van der Waals surface area contributed by atoms with Crippen LogP contribution in [0.2, 0.25) is 0 Å². The van der Waals surface area contributed by atoms with Gasteiger partial charge in [0.05, 0.1) is 18.1 Å². The Kier molecular flexibility index (Phi) is 6.75. The first-order valence-electron chi connectivity index (χ1n) is 7.16. The summed E-state index contributed by atoms with van der Waals surface area (Å²) < 4.78 is 36.7. The average molecular weight is 345 g/mol. The molecule has 132 valence electrons. The van der Waals surface area contributed by atoms with Crippen molar-refractivity contribution in [1.29, 1.82) is 0 Å². The Bertz CT molecular complexity index is 602. The van der Waals surface area contributed by atoms with Gasteiger partial charge >= 0.3 is 11.9 Å². The lowest BCUT2D eigenvalue weighted by atomic mass is 9.81. The fourth-order valence-electron chi connectivity index (χ4n) is 2.14. The summed E-state index contributed by atoms with van der Waals surface area (Å²) >= 11 is 0. The predicted molar refractivity (Wildman–Crippen MR) is 78.5 cm³/mol. The van der Waals surface area contributed by atoms with Crippen LogP contribution < -0.4 is 0 Å². The molecule has 0 unspecified atom stereocenters. The number of esters is 2. The summed E-state index contributed by atoms with van der Waals surface area (Å²) in [5.74, 6) is -2.95. The summed E-state index contributed by atoms with van der Waals surface area (Å²) in [6, 6.07) is 5.03. The van der Waals surface area contributed by atoms with Crippen molar-refractivity contribution in [3.63, 3.8) is 0 Å². The molecule has 0 atom stereocenters. The maximum Gasteiger partial charge on any atom is 0.329 e. The minimum absolute atomic E-state index is 0.191. The number of halogens is 2. The predicted octanol–water partition coefficient (Wildman–Crippen LogP) is 2.52. The summed E-state index contributed by atoms with van der Waals surface area (Å²) in [7, 11) is 0. The van der Waals surface area contributed by atoms with Gasteiger partial charge < -0.3 is 9.47 Å².